The van der Waals surface area contributed by atoms with Crippen LogP contribution in [0.3, 0.4) is 0 Å². The van der Waals surface area contributed by atoms with E-state index in [4.69, 9.17) is 4.74 Å². The molecule has 4 heterocycles. The molecular weight excluding hydrogens is 484 g/mol. The first-order valence-electron chi connectivity index (χ1n) is 10.4. The van der Waals surface area contributed by atoms with Crippen molar-refractivity contribution in [2.75, 3.05) is 29.8 Å². The van der Waals surface area contributed by atoms with E-state index in [-0.39, 0.29) is 11.6 Å². The number of ether oxygens (including phenoxy) is 1. The Hall–Kier alpha value is -3.38. The zero-order valence-electron chi connectivity index (χ0n) is 18.0. The average Bonchev–Trinajstić information content (AvgIpc) is 3.48. The number of aromatic nitrogens is 3. The number of nitrogens with zero attached hydrogens (tertiary/aromatic N) is 4. The molecule has 1 aliphatic rings. The molecule has 1 N–H and O–H groups in total. The molecule has 0 aliphatic carbocycles. The molecular formula is C22H19F2N5O3S2. The molecule has 12 heteroatoms. The van der Waals surface area contributed by atoms with Crippen molar-refractivity contribution in [3.8, 4) is 16.3 Å². The lowest BCUT2D eigenvalue weighted by Gasteiger charge is -2.16. The number of benzene rings is 1. The van der Waals surface area contributed by atoms with Gasteiger partial charge < -0.3 is 9.64 Å². The first kappa shape index (κ1) is 22.4. The van der Waals surface area contributed by atoms with E-state index in [1.807, 2.05) is 6.07 Å². The molecule has 5 rings (SSSR count). The van der Waals surface area contributed by atoms with E-state index in [9.17, 15) is 17.2 Å². The molecule has 8 nitrogen and oxygen atoms in total. The number of anilines is 2. The molecule has 1 aliphatic heterocycles. The Bertz CT molecular complexity index is 1490. The van der Waals surface area contributed by atoms with Crippen LogP contribution >= 0.6 is 11.3 Å². The molecule has 0 amide bonds. The second-order valence-corrected chi connectivity index (χ2v) is 10.4. The van der Waals surface area contributed by atoms with Crippen molar-refractivity contribution >= 4 is 43.1 Å². The number of pyridine rings is 1. The molecule has 1 aromatic carbocycles. The van der Waals surface area contributed by atoms with Crippen LogP contribution in [0.2, 0.25) is 0 Å². The van der Waals surface area contributed by atoms with Crippen LogP contribution in [-0.4, -0.2) is 43.6 Å². The number of hydrogen-bond acceptors (Lipinski definition) is 8. The van der Waals surface area contributed by atoms with Gasteiger partial charge in [0.2, 0.25) is 5.88 Å². The van der Waals surface area contributed by atoms with Crippen LogP contribution < -0.4 is 14.4 Å². The summed E-state index contributed by atoms with van der Waals surface area (Å²) >= 11 is 1.43. The van der Waals surface area contributed by atoms with E-state index in [0.717, 1.165) is 59.0 Å². The fourth-order valence-electron chi connectivity index (χ4n) is 3.88. The van der Waals surface area contributed by atoms with Gasteiger partial charge in [0.25, 0.3) is 10.0 Å². The molecule has 176 valence electrons. The number of methoxy groups -OCH3 is 1. The summed E-state index contributed by atoms with van der Waals surface area (Å²) in [5.74, 6) is -1.19. The average molecular weight is 504 g/mol. The molecule has 3 aromatic heterocycles. The Morgan fingerprint density at radius 1 is 1.09 bits per heavy atom. The van der Waals surface area contributed by atoms with Crippen molar-refractivity contribution in [1.82, 2.24) is 15.0 Å². The summed E-state index contributed by atoms with van der Waals surface area (Å²) in [5, 5.41) is 0.913. The van der Waals surface area contributed by atoms with Crippen molar-refractivity contribution < 1.29 is 21.9 Å². The van der Waals surface area contributed by atoms with Gasteiger partial charge in [0.1, 0.15) is 39.2 Å². The monoisotopic (exact) mass is 503 g/mol. The Morgan fingerprint density at radius 3 is 2.62 bits per heavy atom. The molecule has 0 bridgehead atoms. The normalized spacial score (nSPS) is 14.0. The lowest BCUT2D eigenvalue weighted by Crippen LogP contribution is -2.19. The highest BCUT2D eigenvalue weighted by molar-refractivity contribution is 7.92. The van der Waals surface area contributed by atoms with E-state index >= 15 is 0 Å². The number of thiophene rings is 1. The summed E-state index contributed by atoms with van der Waals surface area (Å²) in [6.45, 7) is 1.88. The van der Waals surface area contributed by atoms with E-state index in [1.54, 1.807) is 18.6 Å². The molecule has 0 saturated carbocycles. The highest BCUT2D eigenvalue weighted by Crippen LogP contribution is 2.39. The SMILES string of the molecule is COc1ncc(-c2cc3c(N4CCCC4)ncnc3s2)cc1NS(=O)(=O)c1ccc(F)cc1F. The number of fused-ring (bicyclic) bond motifs is 1. The molecule has 0 radical (unpaired) electrons. The third-order valence-electron chi connectivity index (χ3n) is 5.47. The lowest BCUT2D eigenvalue weighted by molar-refractivity contribution is 0.400. The number of hydrogen-bond donors (Lipinski definition) is 1. The highest BCUT2D eigenvalue weighted by atomic mass is 32.2. The maximum absolute atomic E-state index is 14.1. The van der Waals surface area contributed by atoms with Gasteiger partial charge in [0.05, 0.1) is 12.5 Å². The van der Waals surface area contributed by atoms with Crippen LogP contribution in [0.4, 0.5) is 20.3 Å². The second kappa shape index (κ2) is 8.76. The third-order valence-corrected chi connectivity index (χ3v) is 7.96. The van der Waals surface area contributed by atoms with E-state index < -0.39 is 26.6 Å². The molecule has 0 spiro atoms. The smallest absolute Gasteiger partial charge is 0.264 e. The Labute approximate surface area is 198 Å². The van der Waals surface area contributed by atoms with Crippen molar-refractivity contribution in [1.29, 1.82) is 0 Å². The molecule has 1 fully saturated rings. The number of nitrogens with one attached hydrogen (secondary N) is 1. The summed E-state index contributed by atoms with van der Waals surface area (Å²) in [6.07, 6.45) is 5.33. The highest BCUT2D eigenvalue weighted by Gasteiger charge is 2.23. The van der Waals surface area contributed by atoms with Gasteiger partial charge in [-0.3, -0.25) is 4.72 Å². The first-order chi connectivity index (χ1) is 16.4. The predicted octanol–water partition coefficient (Wildman–Crippen LogP) is 4.44. The quantitative estimate of drug-likeness (QED) is 0.415. The van der Waals surface area contributed by atoms with Crippen molar-refractivity contribution in [3.63, 3.8) is 0 Å². The van der Waals surface area contributed by atoms with E-state index in [1.165, 1.54) is 18.4 Å². The summed E-state index contributed by atoms with van der Waals surface area (Å²) in [7, 11) is -3.03. The third kappa shape index (κ3) is 4.14. The van der Waals surface area contributed by atoms with E-state index in [2.05, 4.69) is 24.6 Å². The van der Waals surface area contributed by atoms with Gasteiger partial charge in [0.15, 0.2) is 0 Å². The van der Waals surface area contributed by atoms with Crippen LogP contribution in [0.25, 0.3) is 20.7 Å². The predicted molar refractivity (Wildman–Crippen MR) is 126 cm³/mol. The van der Waals surface area contributed by atoms with Crippen LogP contribution in [0.5, 0.6) is 5.88 Å². The fraction of sp³-hybridized carbons (Fsp3) is 0.227. The van der Waals surface area contributed by atoms with Gasteiger partial charge in [-0.2, -0.15) is 0 Å². The Kier molecular flexibility index (Phi) is 5.78. The van der Waals surface area contributed by atoms with Gasteiger partial charge in [-0.1, -0.05) is 0 Å². The molecule has 0 unspecified atom stereocenters. The minimum Gasteiger partial charge on any atom is -0.480 e. The van der Waals surface area contributed by atoms with E-state index in [0.29, 0.717) is 11.6 Å². The standard InChI is InChI=1S/C22H19F2N5O3S2/c1-32-21-17(28-34(30,31)19-5-4-14(23)9-16(19)24)8-13(11-25-21)18-10-15-20(29-6-2-3-7-29)26-12-27-22(15)33-18/h4-5,8-12,28H,2-3,6-7H2,1H3. The summed E-state index contributed by atoms with van der Waals surface area (Å²) < 4.78 is 60.5. The zero-order valence-corrected chi connectivity index (χ0v) is 19.6. The van der Waals surface area contributed by atoms with Crippen LogP contribution in [0.1, 0.15) is 12.8 Å². The molecule has 1 saturated heterocycles. The van der Waals surface area contributed by atoms with Crippen LogP contribution in [0, 0.1) is 11.6 Å². The Morgan fingerprint density at radius 2 is 1.88 bits per heavy atom. The fourth-order valence-corrected chi connectivity index (χ4v) is 5.96. The molecule has 0 atom stereocenters. The topological polar surface area (TPSA) is 97.3 Å². The van der Waals surface area contributed by atoms with Gasteiger partial charge in [-0.15, -0.1) is 11.3 Å². The second-order valence-electron chi connectivity index (χ2n) is 7.68. The van der Waals surface area contributed by atoms with Crippen molar-refractivity contribution in [3.05, 3.63) is 54.5 Å². The van der Waals surface area contributed by atoms with Crippen LogP contribution in [0.15, 0.2) is 47.8 Å². The zero-order chi connectivity index (χ0) is 23.9. The van der Waals surface area contributed by atoms with Gasteiger partial charge in [0, 0.05) is 35.8 Å². The lowest BCUT2D eigenvalue weighted by atomic mass is 10.2. The number of rotatable bonds is 6. The van der Waals surface area contributed by atoms with Crippen molar-refractivity contribution in [2.24, 2.45) is 0 Å². The van der Waals surface area contributed by atoms with Gasteiger partial charge in [-0.25, -0.2) is 32.2 Å². The molecule has 34 heavy (non-hydrogen) atoms. The maximum atomic E-state index is 14.1. The first-order valence-corrected chi connectivity index (χ1v) is 12.7. The maximum Gasteiger partial charge on any atom is 0.264 e. The largest absolute Gasteiger partial charge is 0.480 e. The van der Waals surface area contributed by atoms with Crippen molar-refractivity contribution in [2.45, 2.75) is 17.7 Å². The number of sulfonamides is 1. The van der Waals surface area contributed by atoms with Gasteiger partial charge >= 0.3 is 0 Å². The van der Waals surface area contributed by atoms with Gasteiger partial charge in [-0.05, 0) is 37.1 Å². The minimum absolute atomic E-state index is 0.00787. The Balaban J connectivity index is 1.53. The summed E-state index contributed by atoms with van der Waals surface area (Å²) in [4.78, 5) is 16.2. The summed E-state index contributed by atoms with van der Waals surface area (Å²) in [6, 6.07) is 5.76. The molecule has 4 aromatic rings. The minimum atomic E-state index is -4.37. The van der Waals surface area contributed by atoms with Crippen LogP contribution in [-0.2, 0) is 10.0 Å². The number of halogens is 2. The summed E-state index contributed by atoms with van der Waals surface area (Å²) in [5.41, 5.74) is 0.639.